The number of aromatic nitrogens is 1. The number of benzene rings is 2. The van der Waals surface area contributed by atoms with Crippen molar-refractivity contribution in [2.24, 2.45) is 0 Å². The van der Waals surface area contributed by atoms with E-state index in [1.807, 2.05) is 17.1 Å². The van der Waals surface area contributed by atoms with Crippen molar-refractivity contribution in [3.8, 4) is 6.07 Å². The highest BCUT2D eigenvalue weighted by Gasteiger charge is 2.22. The molecule has 1 amide bonds. The number of amides is 1. The zero-order valence-corrected chi connectivity index (χ0v) is 21.8. The molecule has 0 spiro atoms. The van der Waals surface area contributed by atoms with Crippen molar-refractivity contribution < 1.29 is 22.7 Å². The molecule has 3 aromatic rings. The number of nitriles is 1. The molecule has 194 valence electrons. The third-order valence-corrected chi connectivity index (χ3v) is 8.21. The van der Waals surface area contributed by atoms with Crippen LogP contribution in [0.15, 0.2) is 47.4 Å². The molecular formula is C24H26N6O5S2. The lowest BCUT2D eigenvalue weighted by molar-refractivity contribution is 0.0526. The Labute approximate surface area is 218 Å². The Morgan fingerprint density at radius 1 is 1.11 bits per heavy atom. The van der Waals surface area contributed by atoms with E-state index in [9.17, 15) is 18.0 Å². The molecule has 2 N–H and O–H groups in total. The summed E-state index contributed by atoms with van der Waals surface area (Å²) in [6.07, 6.45) is 0.0718. The summed E-state index contributed by atoms with van der Waals surface area (Å²) in [5, 5.41) is 11.2. The second kappa shape index (κ2) is 11.7. The van der Waals surface area contributed by atoms with Gasteiger partial charge in [-0.3, -0.25) is 10.2 Å². The summed E-state index contributed by atoms with van der Waals surface area (Å²) < 4.78 is 32.8. The van der Waals surface area contributed by atoms with Crippen molar-refractivity contribution in [1.82, 2.24) is 20.1 Å². The minimum atomic E-state index is -3.73. The monoisotopic (exact) mass is 542 g/mol. The predicted molar refractivity (Wildman–Crippen MR) is 139 cm³/mol. The first-order chi connectivity index (χ1) is 17.8. The SMILES string of the molecule is CCOC(=O)c1ccc2nc(N3CCN(NC(=O)c4ccc(S(=O)(=O)NCCC#N)cc4)CC3)sc2c1. The molecule has 0 aliphatic carbocycles. The van der Waals surface area contributed by atoms with Gasteiger partial charge in [0.1, 0.15) is 0 Å². The molecule has 2 heterocycles. The number of carbonyl (C=O) groups excluding carboxylic acids is 2. The number of thiazole rings is 1. The highest BCUT2D eigenvalue weighted by atomic mass is 32.2. The van der Waals surface area contributed by atoms with E-state index < -0.39 is 10.0 Å². The van der Waals surface area contributed by atoms with E-state index in [2.05, 4.69) is 20.0 Å². The number of fused-ring (bicyclic) bond motifs is 1. The third-order valence-electron chi connectivity index (χ3n) is 5.65. The first-order valence-electron chi connectivity index (χ1n) is 11.7. The highest BCUT2D eigenvalue weighted by Crippen LogP contribution is 2.30. The largest absolute Gasteiger partial charge is 0.462 e. The van der Waals surface area contributed by atoms with Gasteiger partial charge in [-0.05, 0) is 49.4 Å². The number of hydrogen-bond acceptors (Lipinski definition) is 10. The Morgan fingerprint density at radius 3 is 2.49 bits per heavy atom. The Kier molecular flexibility index (Phi) is 8.34. The lowest BCUT2D eigenvalue weighted by Gasteiger charge is -2.34. The van der Waals surface area contributed by atoms with E-state index in [1.165, 1.54) is 35.6 Å². The average molecular weight is 543 g/mol. The second-order valence-electron chi connectivity index (χ2n) is 8.14. The molecule has 1 aliphatic heterocycles. The van der Waals surface area contributed by atoms with Gasteiger partial charge in [0, 0.05) is 44.7 Å². The summed E-state index contributed by atoms with van der Waals surface area (Å²) in [6, 6.07) is 12.8. The molecule has 11 nitrogen and oxygen atoms in total. The lowest BCUT2D eigenvalue weighted by atomic mass is 10.2. The standard InChI is InChI=1S/C24H26N6O5S2/c1-2-35-23(32)18-6-9-20-21(16-18)36-24(27-20)29-12-14-30(15-13-29)28-22(31)17-4-7-19(8-5-17)37(33,34)26-11-3-10-25/h4-9,16,26H,2-3,11-15H2,1H3,(H,28,31). The van der Waals surface area contributed by atoms with Crippen LogP contribution in [0.5, 0.6) is 0 Å². The fraction of sp³-hybridized carbons (Fsp3) is 0.333. The quantitative estimate of drug-likeness (QED) is 0.307. The Morgan fingerprint density at radius 2 is 1.81 bits per heavy atom. The van der Waals surface area contributed by atoms with Gasteiger partial charge >= 0.3 is 5.97 Å². The van der Waals surface area contributed by atoms with E-state index in [-0.39, 0.29) is 29.7 Å². The smallest absolute Gasteiger partial charge is 0.338 e. The molecule has 1 aromatic heterocycles. The average Bonchev–Trinajstić information content (AvgIpc) is 3.33. The first kappa shape index (κ1) is 26.5. The van der Waals surface area contributed by atoms with Gasteiger partial charge in [0.2, 0.25) is 10.0 Å². The number of anilines is 1. The van der Waals surface area contributed by atoms with Crippen LogP contribution in [0.4, 0.5) is 5.13 Å². The molecule has 1 fully saturated rings. The molecule has 2 aromatic carbocycles. The van der Waals surface area contributed by atoms with Gasteiger partial charge in [-0.25, -0.2) is 27.9 Å². The van der Waals surface area contributed by atoms with Crippen LogP contribution in [0, 0.1) is 11.3 Å². The molecule has 1 saturated heterocycles. The number of hydrogen-bond donors (Lipinski definition) is 2. The van der Waals surface area contributed by atoms with E-state index in [4.69, 9.17) is 10.00 Å². The fourth-order valence-corrected chi connectivity index (χ4v) is 5.81. The van der Waals surface area contributed by atoms with Crippen molar-refractivity contribution in [1.29, 1.82) is 5.26 Å². The maximum atomic E-state index is 12.7. The van der Waals surface area contributed by atoms with Crippen LogP contribution in [0.1, 0.15) is 34.1 Å². The number of rotatable bonds is 9. The highest BCUT2D eigenvalue weighted by molar-refractivity contribution is 7.89. The van der Waals surface area contributed by atoms with Crippen molar-refractivity contribution in [2.75, 3.05) is 44.2 Å². The molecule has 0 saturated carbocycles. The fourth-order valence-electron chi connectivity index (χ4n) is 3.72. The van der Waals surface area contributed by atoms with Crippen molar-refractivity contribution >= 4 is 48.6 Å². The van der Waals surface area contributed by atoms with Gasteiger partial charge in [0.05, 0.1) is 33.4 Å². The topological polar surface area (TPSA) is 145 Å². The van der Waals surface area contributed by atoms with Crippen LogP contribution in [-0.4, -0.2) is 69.6 Å². The van der Waals surface area contributed by atoms with E-state index in [0.717, 1.165) is 15.3 Å². The molecule has 13 heteroatoms. The van der Waals surface area contributed by atoms with Crippen LogP contribution >= 0.6 is 11.3 Å². The Balaban J connectivity index is 1.32. The predicted octanol–water partition coefficient (Wildman–Crippen LogP) is 2.13. The number of nitrogens with zero attached hydrogens (tertiary/aromatic N) is 4. The third kappa shape index (κ3) is 6.41. The minimum absolute atomic E-state index is 0.0265. The van der Waals surface area contributed by atoms with Crippen molar-refractivity contribution in [3.63, 3.8) is 0 Å². The van der Waals surface area contributed by atoms with Crippen molar-refractivity contribution in [2.45, 2.75) is 18.2 Å². The molecule has 0 radical (unpaired) electrons. The van der Waals surface area contributed by atoms with E-state index in [0.29, 0.717) is 43.9 Å². The number of esters is 1. The lowest BCUT2D eigenvalue weighted by Crippen LogP contribution is -2.53. The number of ether oxygens (including phenoxy) is 1. The summed E-state index contributed by atoms with van der Waals surface area (Å²) in [5.74, 6) is -0.687. The maximum Gasteiger partial charge on any atom is 0.338 e. The number of carbonyl (C=O) groups is 2. The number of sulfonamides is 1. The molecule has 1 aliphatic rings. The number of piperazine rings is 1. The maximum absolute atomic E-state index is 12.7. The zero-order valence-electron chi connectivity index (χ0n) is 20.1. The number of hydrazine groups is 1. The van der Waals surface area contributed by atoms with Gasteiger partial charge in [0.15, 0.2) is 5.13 Å². The van der Waals surface area contributed by atoms with Crippen LogP contribution in [0.2, 0.25) is 0 Å². The minimum Gasteiger partial charge on any atom is -0.462 e. The summed E-state index contributed by atoms with van der Waals surface area (Å²) in [7, 11) is -3.73. The van der Waals surface area contributed by atoms with Gasteiger partial charge < -0.3 is 9.64 Å². The summed E-state index contributed by atoms with van der Waals surface area (Å²) >= 11 is 1.51. The normalized spacial score (nSPS) is 14.3. The summed E-state index contributed by atoms with van der Waals surface area (Å²) in [6.45, 7) is 4.56. The van der Waals surface area contributed by atoms with Crippen LogP contribution < -0.4 is 15.0 Å². The zero-order chi connectivity index (χ0) is 26.4. The van der Waals surface area contributed by atoms with Gasteiger partial charge in [-0.2, -0.15) is 5.26 Å². The summed E-state index contributed by atoms with van der Waals surface area (Å²) in [5.41, 5.74) is 4.51. The van der Waals surface area contributed by atoms with Gasteiger partial charge in [-0.15, -0.1) is 0 Å². The molecule has 37 heavy (non-hydrogen) atoms. The van der Waals surface area contributed by atoms with Crippen LogP contribution in [0.25, 0.3) is 10.2 Å². The van der Waals surface area contributed by atoms with Crippen molar-refractivity contribution in [3.05, 3.63) is 53.6 Å². The van der Waals surface area contributed by atoms with Crippen LogP contribution in [0.3, 0.4) is 0 Å². The molecular weight excluding hydrogens is 516 g/mol. The van der Waals surface area contributed by atoms with Gasteiger partial charge in [0.25, 0.3) is 5.91 Å². The molecule has 0 unspecified atom stereocenters. The molecule has 0 bridgehead atoms. The Hall–Kier alpha value is -3.57. The van der Waals surface area contributed by atoms with E-state index in [1.54, 1.807) is 19.1 Å². The first-order valence-corrected chi connectivity index (χ1v) is 14.0. The molecule has 4 rings (SSSR count). The van der Waals surface area contributed by atoms with E-state index >= 15 is 0 Å². The summed E-state index contributed by atoms with van der Waals surface area (Å²) in [4.78, 5) is 31.5. The molecule has 0 atom stereocenters. The second-order valence-corrected chi connectivity index (χ2v) is 10.9. The number of nitrogens with one attached hydrogen (secondary N) is 2. The van der Waals surface area contributed by atoms with Crippen LogP contribution in [-0.2, 0) is 14.8 Å². The van der Waals surface area contributed by atoms with Gasteiger partial charge in [-0.1, -0.05) is 11.3 Å². The Bertz CT molecular complexity index is 1420.